The van der Waals surface area contributed by atoms with E-state index in [1.165, 1.54) is 42.5 Å². The molecule has 2 nitrogen and oxygen atoms in total. The highest BCUT2D eigenvalue weighted by Gasteiger charge is 2.13. The van der Waals surface area contributed by atoms with E-state index in [1.54, 1.807) is 0 Å². The summed E-state index contributed by atoms with van der Waals surface area (Å²) in [5.41, 5.74) is 3.79. The van der Waals surface area contributed by atoms with Crippen molar-refractivity contribution >= 4 is 0 Å². The molecule has 1 atom stereocenters. The van der Waals surface area contributed by atoms with Crippen molar-refractivity contribution in [3.05, 3.63) is 29.1 Å². The smallest absolute Gasteiger partial charge is 0.0602 e. The van der Waals surface area contributed by atoms with E-state index in [2.05, 4.69) is 44.1 Å². The SMILES string of the molecule is CCCCC(NCCC)c1ncc(C)cc1C. The van der Waals surface area contributed by atoms with E-state index in [4.69, 9.17) is 0 Å². The molecular weight excluding hydrogens is 208 g/mol. The van der Waals surface area contributed by atoms with E-state index in [1.807, 2.05) is 6.20 Å². The van der Waals surface area contributed by atoms with Gasteiger partial charge in [-0.2, -0.15) is 0 Å². The van der Waals surface area contributed by atoms with E-state index in [-0.39, 0.29) is 0 Å². The maximum absolute atomic E-state index is 4.62. The summed E-state index contributed by atoms with van der Waals surface area (Å²) in [4.78, 5) is 4.62. The van der Waals surface area contributed by atoms with Crippen LogP contribution in [0.15, 0.2) is 12.3 Å². The lowest BCUT2D eigenvalue weighted by molar-refractivity contribution is 0.470. The number of aryl methyl sites for hydroxylation is 2. The summed E-state index contributed by atoms with van der Waals surface area (Å²) in [6, 6.07) is 2.66. The van der Waals surface area contributed by atoms with Gasteiger partial charge in [-0.3, -0.25) is 4.98 Å². The number of nitrogens with one attached hydrogen (secondary N) is 1. The number of aromatic nitrogens is 1. The highest BCUT2D eigenvalue weighted by atomic mass is 14.9. The van der Waals surface area contributed by atoms with Crippen LogP contribution in [0.5, 0.6) is 0 Å². The lowest BCUT2D eigenvalue weighted by Crippen LogP contribution is -2.24. The summed E-state index contributed by atoms with van der Waals surface area (Å²) in [5.74, 6) is 0. The van der Waals surface area contributed by atoms with Crippen LogP contribution in [0.2, 0.25) is 0 Å². The van der Waals surface area contributed by atoms with E-state index in [9.17, 15) is 0 Å². The van der Waals surface area contributed by atoms with Gasteiger partial charge in [0.1, 0.15) is 0 Å². The number of hydrogen-bond acceptors (Lipinski definition) is 2. The molecule has 1 N–H and O–H groups in total. The molecule has 0 radical (unpaired) electrons. The van der Waals surface area contributed by atoms with Crippen molar-refractivity contribution < 1.29 is 0 Å². The third kappa shape index (κ3) is 4.47. The lowest BCUT2D eigenvalue weighted by atomic mass is 10.0. The molecule has 0 fully saturated rings. The molecule has 1 heterocycles. The minimum absolute atomic E-state index is 0.426. The molecule has 0 aliphatic heterocycles. The fraction of sp³-hybridized carbons (Fsp3) is 0.667. The van der Waals surface area contributed by atoms with Gasteiger partial charge in [0, 0.05) is 12.2 Å². The summed E-state index contributed by atoms with van der Waals surface area (Å²) >= 11 is 0. The molecule has 0 saturated carbocycles. The molecule has 17 heavy (non-hydrogen) atoms. The summed E-state index contributed by atoms with van der Waals surface area (Å²) in [6.07, 6.45) is 6.85. The monoisotopic (exact) mass is 234 g/mol. The van der Waals surface area contributed by atoms with Crippen molar-refractivity contribution in [2.75, 3.05) is 6.54 Å². The summed E-state index contributed by atoms with van der Waals surface area (Å²) in [6.45, 7) is 9.79. The fourth-order valence-corrected chi connectivity index (χ4v) is 2.15. The van der Waals surface area contributed by atoms with Crippen LogP contribution in [0.1, 0.15) is 62.4 Å². The second-order valence-electron chi connectivity index (χ2n) is 4.86. The van der Waals surface area contributed by atoms with Crippen LogP contribution in [-0.2, 0) is 0 Å². The molecule has 0 saturated heterocycles. The molecule has 2 heteroatoms. The van der Waals surface area contributed by atoms with Crippen molar-refractivity contribution in [1.29, 1.82) is 0 Å². The van der Waals surface area contributed by atoms with Gasteiger partial charge in [0.15, 0.2) is 0 Å². The second kappa shape index (κ2) is 7.44. The Kier molecular flexibility index (Phi) is 6.20. The number of hydrogen-bond donors (Lipinski definition) is 1. The van der Waals surface area contributed by atoms with Crippen LogP contribution in [0, 0.1) is 13.8 Å². The summed E-state index contributed by atoms with van der Waals surface area (Å²) in [5, 5.41) is 3.62. The van der Waals surface area contributed by atoms with Crippen molar-refractivity contribution in [1.82, 2.24) is 10.3 Å². The average molecular weight is 234 g/mol. The zero-order valence-corrected chi connectivity index (χ0v) is 11.7. The Hall–Kier alpha value is -0.890. The molecule has 0 amide bonds. The fourth-order valence-electron chi connectivity index (χ4n) is 2.15. The zero-order chi connectivity index (χ0) is 12.7. The molecule has 0 spiro atoms. The van der Waals surface area contributed by atoms with Gasteiger partial charge in [-0.25, -0.2) is 0 Å². The molecule has 1 aromatic heterocycles. The van der Waals surface area contributed by atoms with E-state index >= 15 is 0 Å². The van der Waals surface area contributed by atoms with Gasteiger partial charge in [-0.05, 0) is 44.4 Å². The van der Waals surface area contributed by atoms with Crippen LogP contribution in [-0.4, -0.2) is 11.5 Å². The molecule has 1 rings (SSSR count). The first-order valence-electron chi connectivity index (χ1n) is 6.85. The van der Waals surface area contributed by atoms with Gasteiger partial charge >= 0.3 is 0 Å². The van der Waals surface area contributed by atoms with Gasteiger partial charge in [0.2, 0.25) is 0 Å². The van der Waals surface area contributed by atoms with Crippen LogP contribution in [0.3, 0.4) is 0 Å². The molecular formula is C15H26N2. The third-order valence-electron chi connectivity index (χ3n) is 3.07. The van der Waals surface area contributed by atoms with Crippen molar-refractivity contribution in [2.45, 2.75) is 59.4 Å². The zero-order valence-electron chi connectivity index (χ0n) is 11.7. The highest BCUT2D eigenvalue weighted by molar-refractivity contribution is 5.25. The standard InChI is InChI=1S/C15H26N2/c1-5-7-8-14(16-9-6-2)15-13(4)10-12(3)11-17-15/h10-11,14,16H,5-9H2,1-4H3. The maximum Gasteiger partial charge on any atom is 0.0602 e. The Morgan fingerprint density at radius 2 is 2.00 bits per heavy atom. The largest absolute Gasteiger partial charge is 0.309 e. The molecule has 0 bridgehead atoms. The predicted octanol–water partition coefficient (Wildman–Crippen LogP) is 3.93. The molecule has 0 aromatic carbocycles. The Balaban J connectivity index is 2.79. The number of nitrogens with zero attached hydrogens (tertiary/aromatic N) is 1. The first-order valence-corrected chi connectivity index (χ1v) is 6.85. The topological polar surface area (TPSA) is 24.9 Å². The number of rotatable bonds is 7. The van der Waals surface area contributed by atoms with Gasteiger partial charge in [-0.15, -0.1) is 0 Å². The van der Waals surface area contributed by atoms with E-state index in [0.29, 0.717) is 6.04 Å². The Morgan fingerprint density at radius 1 is 1.24 bits per heavy atom. The quantitative estimate of drug-likeness (QED) is 0.773. The van der Waals surface area contributed by atoms with Gasteiger partial charge in [-0.1, -0.05) is 32.8 Å². The van der Waals surface area contributed by atoms with E-state index in [0.717, 1.165) is 6.54 Å². The second-order valence-corrected chi connectivity index (χ2v) is 4.86. The first-order chi connectivity index (χ1) is 8.19. The van der Waals surface area contributed by atoms with E-state index < -0.39 is 0 Å². The van der Waals surface area contributed by atoms with Crippen LogP contribution in [0.25, 0.3) is 0 Å². The maximum atomic E-state index is 4.62. The van der Waals surface area contributed by atoms with Crippen molar-refractivity contribution in [2.24, 2.45) is 0 Å². The van der Waals surface area contributed by atoms with Crippen molar-refractivity contribution in [3.8, 4) is 0 Å². The van der Waals surface area contributed by atoms with Crippen LogP contribution >= 0.6 is 0 Å². The Bertz CT molecular complexity index is 326. The highest BCUT2D eigenvalue weighted by Crippen LogP contribution is 2.21. The van der Waals surface area contributed by atoms with Crippen LogP contribution < -0.4 is 5.32 Å². The van der Waals surface area contributed by atoms with Crippen LogP contribution in [0.4, 0.5) is 0 Å². The number of unbranched alkanes of at least 4 members (excludes halogenated alkanes) is 1. The predicted molar refractivity (Wildman–Crippen MR) is 74.3 cm³/mol. The van der Waals surface area contributed by atoms with Gasteiger partial charge < -0.3 is 5.32 Å². The molecule has 0 aliphatic carbocycles. The minimum atomic E-state index is 0.426. The minimum Gasteiger partial charge on any atom is -0.309 e. The third-order valence-corrected chi connectivity index (χ3v) is 3.07. The molecule has 0 aliphatic rings. The molecule has 1 aromatic rings. The van der Waals surface area contributed by atoms with Crippen molar-refractivity contribution in [3.63, 3.8) is 0 Å². The van der Waals surface area contributed by atoms with Gasteiger partial charge in [0.05, 0.1) is 5.69 Å². The normalized spacial score (nSPS) is 12.7. The Labute approximate surface area is 106 Å². The Morgan fingerprint density at radius 3 is 2.59 bits per heavy atom. The number of pyridine rings is 1. The summed E-state index contributed by atoms with van der Waals surface area (Å²) in [7, 11) is 0. The molecule has 1 unspecified atom stereocenters. The lowest BCUT2D eigenvalue weighted by Gasteiger charge is -2.20. The first kappa shape index (κ1) is 14.2. The van der Waals surface area contributed by atoms with Gasteiger partial charge in [0.25, 0.3) is 0 Å². The summed E-state index contributed by atoms with van der Waals surface area (Å²) < 4.78 is 0. The molecule has 96 valence electrons. The average Bonchev–Trinajstić information content (AvgIpc) is 2.30.